The van der Waals surface area contributed by atoms with Crippen molar-refractivity contribution in [3.8, 4) is 0 Å². The van der Waals surface area contributed by atoms with Crippen molar-refractivity contribution in [3.63, 3.8) is 0 Å². The van der Waals surface area contributed by atoms with Crippen LogP contribution >= 0.6 is 34.7 Å². The number of fused-ring (bicyclic) bond motifs is 1. The maximum Gasteiger partial charge on any atom is 0.260 e. The van der Waals surface area contributed by atoms with Crippen LogP contribution in [0.4, 0.5) is 0 Å². The third-order valence-electron chi connectivity index (χ3n) is 5.64. The van der Waals surface area contributed by atoms with Gasteiger partial charge in [0.1, 0.15) is 0 Å². The maximum absolute atomic E-state index is 12.9. The first-order valence-electron chi connectivity index (χ1n) is 9.73. The molecule has 3 unspecified atom stereocenters. The van der Waals surface area contributed by atoms with E-state index in [1.165, 1.54) is 0 Å². The quantitative estimate of drug-likeness (QED) is 0.686. The Balaban J connectivity index is 1.42. The SMILES string of the molecule is CN1C(=O)/C(=C/c2ccccc2Cl)SC2CCC(C(=O)NCc3cccs3)CC21. The van der Waals surface area contributed by atoms with E-state index in [0.717, 1.165) is 34.6 Å². The number of hydrogen-bond donors (Lipinski definition) is 1. The van der Waals surface area contributed by atoms with Crippen LogP contribution in [0.3, 0.4) is 0 Å². The lowest BCUT2D eigenvalue weighted by atomic mass is 9.83. The third kappa shape index (κ3) is 4.55. The van der Waals surface area contributed by atoms with E-state index in [2.05, 4.69) is 5.32 Å². The lowest BCUT2D eigenvalue weighted by molar-refractivity contribution is -0.132. The lowest BCUT2D eigenvalue weighted by Crippen LogP contribution is -2.52. The van der Waals surface area contributed by atoms with Crippen LogP contribution in [-0.2, 0) is 16.1 Å². The van der Waals surface area contributed by atoms with Gasteiger partial charge in [-0.25, -0.2) is 0 Å². The first-order chi connectivity index (χ1) is 14.0. The van der Waals surface area contributed by atoms with Gasteiger partial charge in [-0.05, 0) is 48.4 Å². The summed E-state index contributed by atoms with van der Waals surface area (Å²) in [5.41, 5.74) is 0.860. The highest BCUT2D eigenvalue weighted by Gasteiger charge is 2.42. The number of carbonyl (C=O) groups is 2. The molecule has 2 aliphatic rings. The van der Waals surface area contributed by atoms with Gasteiger partial charge in [0.15, 0.2) is 0 Å². The second-order valence-corrected chi connectivity index (χ2v) is 10.2. The molecule has 0 bridgehead atoms. The van der Waals surface area contributed by atoms with Crippen molar-refractivity contribution in [3.05, 3.63) is 62.1 Å². The molecule has 29 heavy (non-hydrogen) atoms. The number of rotatable bonds is 4. The number of thiophene rings is 1. The van der Waals surface area contributed by atoms with E-state index in [4.69, 9.17) is 11.6 Å². The molecule has 2 heterocycles. The Morgan fingerprint density at radius 3 is 2.86 bits per heavy atom. The van der Waals surface area contributed by atoms with Crippen molar-refractivity contribution in [2.45, 2.75) is 37.1 Å². The van der Waals surface area contributed by atoms with Crippen molar-refractivity contribution in [2.24, 2.45) is 5.92 Å². The number of thioether (sulfide) groups is 1. The number of nitrogens with one attached hydrogen (secondary N) is 1. The Bertz CT molecular complexity index is 929. The van der Waals surface area contributed by atoms with Crippen molar-refractivity contribution in [2.75, 3.05) is 7.05 Å². The maximum atomic E-state index is 12.9. The van der Waals surface area contributed by atoms with Crippen LogP contribution in [0.5, 0.6) is 0 Å². The normalized spacial score (nSPS) is 25.7. The molecule has 1 aliphatic carbocycles. The molecule has 1 aromatic carbocycles. The van der Waals surface area contributed by atoms with Crippen LogP contribution < -0.4 is 5.32 Å². The summed E-state index contributed by atoms with van der Waals surface area (Å²) >= 11 is 9.55. The van der Waals surface area contributed by atoms with Gasteiger partial charge >= 0.3 is 0 Å². The molecular weight excluding hydrogens is 424 g/mol. The predicted octanol–water partition coefficient (Wildman–Crippen LogP) is 4.80. The number of hydrogen-bond acceptors (Lipinski definition) is 4. The third-order valence-corrected chi connectivity index (χ3v) is 8.26. The van der Waals surface area contributed by atoms with Crippen molar-refractivity contribution >= 4 is 52.6 Å². The molecule has 1 saturated carbocycles. The second kappa shape index (κ2) is 8.94. The number of carbonyl (C=O) groups excluding carboxylic acids is 2. The van der Waals surface area contributed by atoms with Crippen LogP contribution in [-0.4, -0.2) is 35.1 Å². The number of halogens is 1. The second-order valence-electron chi connectivity index (χ2n) is 7.48. The van der Waals surface area contributed by atoms with Gasteiger partial charge < -0.3 is 10.2 Å². The van der Waals surface area contributed by atoms with E-state index in [9.17, 15) is 9.59 Å². The fraction of sp³-hybridized carbons (Fsp3) is 0.364. The molecule has 3 atom stereocenters. The smallest absolute Gasteiger partial charge is 0.260 e. The van der Waals surface area contributed by atoms with E-state index in [1.807, 2.05) is 59.8 Å². The van der Waals surface area contributed by atoms with Gasteiger partial charge in [-0.2, -0.15) is 0 Å². The Kier molecular flexibility index (Phi) is 6.32. The van der Waals surface area contributed by atoms with Crippen LogP contribution in [0.15, 0.2) is 46.7 Å². The number of nitrogens with zero attached hydrogens (tertiary/aromatic N) is 1. The summed E-state index contributed by atoms with van der Waals surface area (Å²) in [6, 6.07) is 11.7. The number of likely N-dealkylation sites (N-methyl/N-ethyl adjacent to an activating group) is 1. The zero-order valence-corrected chi connectivity index (χ0v) is 18.5. The summed E-state index contributed by atoms with van der Waals surface area (Å²) in [6.45, 7) is 0.579. The fourth-order valence-electron chi connectivity index (χ4n) is 4.00. The largest absolute Gasteiger partial charge is 0.351 e. The zero-order chi connectivity index (χ0) is 20.4. The van der Waals surface area contributed by atoms with E-state index in [-0.39, 0.29) is 23.8 Å². The standard InChI is InChI=1S/C22H23ClN2O2S2/c1-25-18-11-15(21(26)24-13-16-6-4-10-28-16)8-9-19(18)29-20(22(25)27)12-14-5-2-3-7-17(14)23/h2-7,10,12,15,18-19H,8-9,11,13H2,1H3,(H,24,26)/b20-12-. The molecule has 0 spiro atoms. The minimum absolute atomic E-state index is 0.0100. The molecular formula is C22H23ClN2O2S2. The van der Waals surface area contributed by atoms with Crippen molar-refractivity contribution < 1.29 is 9.59 Å². The Labute approximate surface area is 184 Å². The first-order valence-corrected chi connectivity index (χ1v) is 11.9. The van der Waals surface area contributed by atoms with Crippen LogP contribution in [0, 0.1) is 5.92 Å². The lowest BCUT2D eigenvalue weighted by Gasteiger charge is -2.44. The van der Waals surface area contributed by atoms with E-state index >= 15 is 0 Å². The predicted molar refractivity (Wildman–Crippen MR) is 121 cm³/mol. The van der Waals surface area contributed by atoms with Crippen LogP contribution in [0.1, 0.15) is 29.7 Å². The molecule has 1 aliphatic heterocycles. The van der Waals surface area contributed by atoms with Crippen molar-refractivity contribution in [1.82, 2.24) is 10.2 Å². The van der Waals surface area contributed by atoms with Gasteiger partial charge in [-0.15, -0.1) is 23.1 Å². The molecule has 152 valence electrons. The average Bonchev–Trinajstić information content (AvgIpc) is 3.25. The Hall–Kier alpha value is -1.76. The van der Waals surface area contributed by atoms with E-state index in [0.29, 0.717) is 16.8 Å². The molecule has 4 rings (SSSR count). The monoisotopic (exact) mass is 446 g/mol. The van der Waals surface area contributed by atoms with Gasteiger partial charge in [0.2, 0.25) is 5.91 Å². The minimum Gasteiger partial charge on any atom is -0.351 e. The Morgan fingerprint density at radius 1 is 1.28 bits per heavy atom. The molecule has 7 heteroatoms. The number of benzene rings is 1. The molecule has 1 N–H and O–H groups in total. The zero-order valence-electron chi connectivity index (χ0n) is 16.1. The minimum atomic E-state index is -0.0406. The van der Waals surface area contributed by atoms with E-state index in [1.54, 1.807) is 23.1 Å². The average molecular weight is 447 g/mol. The molecule has 2 amide bonds. The highest BCUT2D eigenvalue weighted by atomic mass is 35.5. The highest BCUT2D eigenvalue weighted by molar-refractivity contribution is 8.04. The molecule has 2 aromatic rings. The molecule has 1 aromatic heterocycles. The fourth-order valence-corrected chi connectivity index (χ4v) is 6.31. The highest BCUT2D eigenvalue weighted by Crippen LogP contribution is 2.43. The van der Waals surface area contributed by atoms with Gasteiger partial charge in [0.25, 0.3) is 5.91 Å². The van der Waals surface area contributed by atoms with Gasteiger partial charge in [0.05, 0.1) is 11.4 Å². The molecule has 4 nitrogen and oxygen atoms in total. The topological polar surface area (TPSA) is 49.4 Å². The summed E-state index contributed by atoms with van der Waals surface area (Å²) in [6.07, 6.45) is 4.38. The molecule has 1 saturated heterocycles. The summed E-state index contributed by atoms with van der Waals surface area (Å²) in [5.74, 6) is 0.0667. The van der Waals surface area contributed by atoms with Crippen molar-refractivity contribution in [1.29, 1.82) is 0 Å². The van der Waals surface area contributed by atoms with Crippen LogP contribution in [0.2, 0.25) is 5.02 Å². The van der Waals surface area contributed by atoms with Gasteiger partial charge in [0, 0.05) is 34.2 Å². The van der Waals surface area contributed by atoms with E-state index < -0.39 is 0 Å². The summed E-state index contributed by atoms with van der Waals surface area (Å²) in [7, 11) is 1.85. The first kappa shape index (κ1) is 20.5. The van der Waals surface area contributed by atoms with Crippen LogP contribution in [0.25, 0.3) is 6.08 Å². The summed E-state index contributed by atoms with van der Waals surface area (Å²) in [4.78, 5) is 29.3. The van der Waals surface area contributed by atoms with Gasteiger partial charge in [-0.1, -0.05) is 35.9 Å². The molecule has 0 radical (unpaired) electrons. The summed E-state index contributed by atoms with van der Waals surface area (Å²) < 4.78 is 0. The Morgan fingerprint density at radius 2 is 2.10 bits per heavy atom. The number of amides is 2. The molecule has 2 fully saturated rings. The summed E-state index contributed by atoms with van der Waals surface area (Å²) in [5, 5.41) is 6.03. The van der Waals surface area contributed by atoms with Gasteiger partial charge in [-0.3, -0.25) is 9.59 Å².